The topological polar surface area (TPSA) is 49.6 Å². The molecule has 2 aliphatic rings. The van der Waals surface area contributed by atoms with E-state index in [0.29, 0.717) is 11.8 Å². The Morgan fingerprint density at radius 3 is 2.63 bits per heavy atom. The Kier molecular flexibility index (Phi) is 4.38. The molecule has 4 heterocycles. The molecule has 1 N–H and O–H groups in total. The Hall–Kier alpha value is -2.31. The van der Waals surface area contributed by atoms with Gasteiger partial charge in [0.05, 0.1) is 5.69 Å². The minimum Gasteiger partial charge on any atom is -0.338 e. The van der Waals surface area contributed by atoms with E-state index in [1.54, 1.807) is 11.8 Å². The number of pyridine rings is 1. The number of carbonyl (C=O) groups excluding carboxylic acids is 1. The maximum absolute atomic E-state index is 12.8. The molecule has 5 rings (SSSR count). The van der Waals surface area contributed by atoms with Crippen molar-refractivity contribution in [3.05, 3.63) is 66.1 Å². The Bertz CT molecular complexity index is 923. The van der Waals surface area contributed by atoms with Gasteiger partial charge in [-0.25, -0.2) is 4.98 Å². The summed E-state index contributed by atoms with van der Waals surface area (Å²) in [7, 11) is 0. The van der Waals surface area contributed by atoms with Crippen LogP contribution in [0.25, 0.3) is 5.65 Å². The Labute approximate surface area is 162 Å². The van der Waals surface area contributed by atoms with Crippen LogP contribution in [0.3, 0.4) is 0 Å². The predicted octanol–water partition coefficient (Wildman–Crippen LogP) is 2.92. The first-order chi connectivity index (χ1) is 13.3. The molecular weight excluding hydrogens is 356 g/mol. The number of hydrogen-bond acceptors (Lipinski definition) is 4. The van der Waals surface area contributed by atoms with Crippen molar-refractivity contribution in [2.24, 2.45) is 11.8 Å². The number of nitrogens with zero attached hydrogens (tertiary/aromatic N) is 3. The van der Waals surface area contributed by atoms with E-state index in [4.69, 9.17) is 0 Å². The van der Waals surface area contributed by atoms with Gasteiger partial charge in [0.2, 0.25) is 0 Å². The number of carbonyl (C=O) groups is 1. The summed E-state index contributed by atoms with van der Waals surface area (Å²) >= 11 is 1.75. The van der Waals surface area contributed by atoms with E-state index in [1.807, 2.05) is 58.0 Å². The number of benzene rings is 1. The van der Waals surface area contributed by atoms with Crippen molar-refractivity contribution >= 4 is 23.3 Å². The fraction of sp³-hybridized carbons (Fsp3) is 0.333. The lowest BCUT2D eigenvalue weighted by Gasteiger charge is -2.17. The van der Waals surface area contributed by atoms with Gasteiger partial charge in [0.1, 0.15) is 5.65 Å². The zero-order chi connectivity index (χ0) is 18.2. The van der Waals surface area contributed by atoms with Gasteiger partial charge in [-0.15, -0.1) is 11.8 Å². The van der Waals surface area contributed by atoms with Crippen molar-refractivity contribution in [1.82, 2.24) is 19.6 Å². The summed E-state index contributed by atoms with van der Waals surface area (Å²) in [6.07, 6.45) is 4.08. The molecule has 138 valence electrons. The summed E-state index contributed by atoms with van der Waals surface area (Å²) in [6.45, 7) is 3.88. The van der Waals surface area contributed by atoms with Gasteiger partial charge in [-0.05, 0) is 48.2 Å². The van der Waals surface area contributed by atoms with Crippen LogP contribution in [0, 0.1) is 11.8 Å². The van der Waals surface area contributed by atoms with Crippen LogP contribution in [-0.4, -0.2) is 46.4 Å². The zero-order valence-electron chi connectivity index (χ0n) is 15.0. The highest BCUT2D eigenvalue weighted by Crippen LogP contribution is 2.28. The molecule has 0 spiro atoms. The minimum absolute atomic E-state index is 0.168. The lowest BCUT2D eigenvalue weighted by molar-refractivity contribution is 0.0781. The molecule has 2 aliphatic heterocycles. The van der Waals surface area contributed by atoms with Gasteiger partial charge in [0.25, 0.3) is 5.91 Å². The lowest BCUT2D eigenvalue weighted by atomic mass is 10.0. The SMILES string of the molecule is O=C(c1ccc(SCc2cn3ccccc3n2)cc1)N1C[C@H]2CNC[C@H]2C1. The van der Waals surface area contributed by atoms with Crippen LogP contribution in [0.1, 0.15) is 16.1 Å². The quantitative estimate of drug-likeness (QED) is 0.709. The number of nitrogens with one attached hydrogen (secondary N) is 1. The highest BCUT2D eigenvalue weighted by Gasteiger charge is 2.38. The maximum atomic E-state index is 12.8. The molecule has 0 saturated carbocycles. The van der Waals surface area contributed by atoms with E-state index in [9.17, 15) is 4.79 Å². The maximum Gasteiger partial charge on any atom is 0.253 e. The van der Waals surface area contributed by atoms with Crippen molar-refractivity contribution < 1.29 is 4.79 Å². The van der Waals surface area contributed by atoms with Crippen LogP contribution in [0.15, 0.2) is 59.8 Å². The Morgan fingerprint density at radius 1 is 1.11 bits per heavy atom. The molecule has 2 aromatic heterocycles. The molecule has 2 atom stereocenters. The van der Waals surface area contributed by atoms with Gasteiger partial charge in [-0.3, -0.25) is 4.79 Å². The number of amides is 1. The molecule has 1 amide bonds. The van der Waals surface area contributed by atoms with Crippen molar-refractivity contribution in [1.29, 1.82) is 0 Å². The first-order valence-corrected chi connectivity index (χ1v) is 10.4. The lowest BCUT2D eigenvalue weighted by Crippen LogP contribution is -2.31. The van der Waals surface area contributed by atoms with Gasteiger partial charge < -0.3 is 14.6 Å². The number of rotatable bonds is 4. The number of fused-ring (bicyclic) bond motifs is 2. The average Bonchev–Trinajstić information content (AvgIpc) is 3.40. The van der Waals surface area contributed by atoms with E-state index < -0.39 is 0 Å². The van der Waals surface area contributed by atoms with Crippen LogP contribution in [0.4, 0.5) is 0 Å². The molecule has 0 radical (unpaired) electrons. The van der Waals surface area contributed by atoms with Crippen molar-refractivity contribution in [3.8, 4) is 0 Å². The van der Waals surface area contributed by atoms with Crippen LogP contribution < -0.4 is 5.32 Å². The van der Waals surface area contributed by atoms with E-state index in [-0.39, 0.29) is 5.91 Å². The highest BCUT2D eigenvalue weighted by molar-refractivity contribution is 7.98. The smallest absolute Gasteiger partial charge is 0.253 e. The van der Waals surface area contributed by atoms with E-state index in [0.717, 1.165) is 53.7 Å². The number of aromatic nitrogens is 2. The van der Waals surface area contributed by atoms with E-state index >= 15 is 0 Å². The van der Waals surface area contributed by atoms with Gasteiger partial charge in [-0.1, -0.05) is 6.07 Å². The molecule has 0 unspecified atom stereocenters. The molecule has 6 heteroatoms. The Balaban J connectivity index is 1.21. The third-order valence-corrected chi connectivity index (χ3v) is 6.62. The number of thioether (sulfide) groups is 1. The summed E-state index contributed by atoms with van der Waals surface area (Å²) in [5.41, 5.74) is 2.82. The largest absolute Gasteiger partial charge is 0.338 e. The summed E-state index contributed by atoms with van der Waals surface area (Å²) in [6, 6.07) is 14.0. The number of likely N-dealkylation sites (tertiary alicyclic amines) is 1. The molecule has 0 bridgehead atoms. The third kappa shape index (κ3) is 3.35. The second-order valence-corrected chi connectivity index (χ2v) is 8.45. The predicted molar refractivity (Wildman–Crippen MR) is 107 cm³/mol. The van der Waals surface area contributed by atoms with Crippen LogP contribution in [0.2, 0.25) is 0 Å². The summed E-state index contributed by atoms with van der Waals surface area (Å²) in [5.74, 6) is 2.25. The van der Waals surface area contributed by atoms with Crippen LogP contribution >= 0.6 is 11.8 Å². The monoisotopic (exact) mass is 378 g/mol. The molecule has 3 aromatic rings. The van der Waals surface area contributed by atoms with Gasteiger partial charge in [-0.2, -0.15) is 0 Å². The molecule has 2 saturated heterocycles. The van der Waals surface area contributed by atoms with Gasteiger partial charge in [0.15, 0.2) is 0 Å². The van der Waals surface area contributed by atoms with Crippen molar-refractivity contribution in [2.45, 2.75) is 10.6 Å². The van der Waals surface area contributed by atoms with Gasteiger partial charge in [0, 0.05) is 54.8 Å². The second-order valence-electron chi connectivity index (χ2n) is 7.40. The molecule has 1 aromatic carbocycles. The fourth-order valence-electron chi connectivity index (χ4n) is 4.11. The van der Waals surface area contributed by atoms with Crippen molar-refractivity contribution in [3.63, 3.8) is 0 Å². The fourth-order valence-corrected chi connectivity index (χ4v) is 4.89. The van der Waals surface area contributed by atoms with Crippen molar-refractivity contribution in [2.75, 3.05) is 26.2 Å². The molecule has 2 fully saturated rings. The standard InChI is InChI=1S/C21H22N4OS/c26-21(25-11-16-9-22-10-17(16)12-25)15-4-6-19(7-5-15)27-14-18-13-24-8-2-1-3-20(24)23-18/h1-8,13,16-17,22H,9-12,14H2/t16-,17+. The number of imidazole rings is 1. The third-order valence-electron chi connectivity index (χ3n) is 5.58. The van der Waals surface area contributed by atoms with Crippen LogP contribution in [0.5, 0.6) is 0 Å². The molecule has 0 aliphatic carbocycles. The zero-order valence-corrected chi connectivity index (χ0v) is 15.9. The van der Waals surface area contributed by atoms with E-state index in [2.05, 4.69) is 16.5 Å². The van der Waals surface area contributed by atoms with Gasteiger partial charge >= 0.3 is 0 Å². The summed E-state index contributed by atoms with van der Waals surface area (Å²) < 4.78 is 2.04. The molecule has 5 nitrogen and oxygen atoms in total. The first-order valence-electron chi connectivity index (χ1n) is 9.42. The first kappa shape index (κ1) is 16.8. The summed E-state index contributed by atoms with van der Waals surface area (Å²) in [5, 5.41) is 3.42. The molecule has 27 heavy (non-hydrogen) atoms. The van der Waals surface area contributed by atoms with E-state index in [1.165, 1.54) is 0 Å². The minimum atomic E-state index is 0.168. The highest BCUT2D eigenvalue weighted by atomic mass is 32.2. The normalized spacial score (nSPS) is 21.7. The van der Waals surface area contributed by atoms with Crippen LogP contribution in [-0.2, 0) is 5.75 Å². The summed E-state index contributed by atoms with van der Waals surface area (Å²) in [4.78, 5) is 20.6. The Morgan fingerprint density at radius 2 is 1.89 bits per heavy atom. The average molecular weight is 379 g/mol. The second kappa shape index (κ2) is 7.02. The molecular formula is C21H22N4OS. The number of hydrogen-bond donors (Lipinski definition) is 1.